The lowest BCUT2D eigenvalue weighted by molar-refractivity contribution is 0.373. The number of nitrogens with zero attached hydrogens (tertiary/aromatic N) is 3. The molecule has 0 spiro atoms. The average Bonchev–Trinajstić information content (AvgIpc) is 3.23. The maximum absolute atomic E-state index is 14.3. The molecule has 1 fully saturated rings. The molecule has 1 aliphatic rings. The Hall–Kier alpha value is -2.88. The van der Waals surface area contributed by atoms with Crippen molar-refractivity contribution in [3.05, 3.63) is 53.1 Å². The first-order chi connectivity index (χ1) is 16.3. The van der Waals surface area contributed by atoms with Gasteiger partial charge in [-0.25, -0.2) is 14.4 Å². The molecular formula is C22H21ClFN5. The Bertz CT molecular complexity index is 1350. The van der Waals surface area contributed by atoms with Gasteiger partial charge in [0.15, 0.2) is 5.82 Å². The molecule has 0 saturated carbocycles. The van der Waals surface area contributed by atoms with Gasteiger partial charge in [-0.2, -0.15) is 0 Å². The van der Waals surface area contributed by atoms with E-state index in [1.165, 1.54) is 18.5 Å². The molecule has 1 aliphatic heterocycles. The summed E-state index contributed by atoms with van der Waals surface area (Å²) in [7, 11) is 0. The molecule has 1 atom stereocenters. The molecule has 1 unspecified atom stereocenters. The standard InChI is InChI=1S/C22H21ClFN5/c1-22(8-9-29(2)12-22)7-6-14-10-19-15(11-17(14)25)21(27-13-26-19)28-18-5-3-4-16(23)20(18)24/h3-5,10-11,13H,8-9,12,25H2,1-2H3,(H,26,27,28)/i1D3,2D3. The van der Waals surface area contributed by atoms with Crippen LogP contribution in [0.1, 0.15) is 27.1 Å². The molecule has 148 valence electrons. The Morgan fingerprint density at radius 1 is 1.38 bits per heavy atom. The summed E-state index contributed by atoms with van der Waals surface area (Å²) in [5, 5.41) is 3.34. The number of likely N-dealkylation sites (tertiary alicyclic amines) is 1. The molecule has 0 radical (unpaired) electrons. The fraction of sp³-hybridized carbons (Fsp3) is 0.273. The fourth-order valence-corrected chi connectivity index (χ4v) is 3.33. The minimum Gasteiger partial charge on any atom is -0.398 e. The summed E-state index contributed by atoms with van der Waals surface area (Å²) >= 11 is 5.85. The van der Waals surface area contributed by atoms with E-state index in [0.29, 0.717) is 22.3 Å². The molecule has 0 amide bonds. The zero-order valence-electron chi connectivity index (χ0n) is 21.3. The Morgan fingerprint density at radius 2 is 2.28 bits per heavy atom. The van der Waals surface area contributed by atoms with Crippen molar-refractivity contribution in [2.45, 2.75) is 13.3 Å². The van der Waals surface area contributed by atoms with Gasteiger partial charge in [0, 0.05) is 36.8 Å². The lowest BCUT2D eigenvalue weighted by Crippen LogP contribution is -2.20. The quantitative estimate of drug-likeness (QED) is 0.478. The number of hydrogen-bond donors (Lipinski definition) is 2. The van der Waals surface area contributed by atoms with Crippen molar-refractivity contribution in [3.63, 3.8) is 0 Å². The molecular weight excluding hydrogens is 389 g/mol. The first-order valence-corrected chi connectivity index (χ1v) is 9.22. The minimum absolute atomic E-state index is 0.0439. The highest BCUT2D eigenvalue weighted by atomic mass is 35.5. The van der Waals surface area contributed by atoms with Crippen LogP contribution in [-0.4, -0.2) is 34.9 Å². The highest BCUT2D eigenvalue weighted by Gasteiger charge is 2.29. The molecule has 2 heterocycles. The number of nitrogens with one attached hydrogen (secondary N) is 1. The molecule has 29 heavy (non-hydrogen) atoms. The molecule has 3 aromatic rings. The van der Waals surface area contributed by atoms with Crippen molar-refractivity contribution in [2.75, 3.05) is 31.1 Å². The van der Waals surface area contributed by atoms with E-state index in [1.54, 1.807) is 18.2 Å². The van der Waals surface area contributed by atoms with Crippen LogP contribution in [0, 0.1) is 23.1 Å². The first kappa shape index (κ1) is 13.4. The van der Waals surface area contributed by atoms with Gasteiger partial charge in [0.1, 0.15) is 12.1 Å². The number of hydrogen-bond acceptors (Lipinski definition) is 5. The number of benzene rings is 2. The van der Waals surface area contributed by atoms with Crippen LogP contribution in [0.5, 0.6) is 0 Å². The van der Waals surface area contributed by atoms with Crippen LogP contribution in [0.15, 0.2) is 36.7 Å². The van der Waals surface area contributed by atoms with E-state index in [4.69, 9.17) is 25.6 Å². The highest BCUT2D eigenvalue weighted by Crippen LogP contribution is 2.31. The van der Waals surface area contributed by atoms with Crippen molar-refractivity contribution in [1.82, 2.24) is 14.9 Å². The lowest BCUT2D eigenvalue weighted by Gasteiger charge is -2.15. The van der Waals surface area contributed by atoms with Crippen LogP contribution in [0.3, 0.4) is 0 Å². The van der Waals surface area contributed by atoms with Crippen molar-refractivity contribution in [1.29, 1.82) is 0 Å². The number of nitrogens with two attached hydrogens (primary N) is 1. The third-order valence-corrected chi connectivity index (χ3v) is 5.01. The van der Waals surface area contributed by atoms with Crippen LogP contribution in [-0.2, 0) is 0 Å². The van der Waals surface area contributed by atoms with Crippen LogP contribution >= 0.6 is 11.6 Å². The SMILES string of the molecule is [2H]C([2H])([2H])N1CCC(C#Cc2cc3ncnc(Nc4cccc(Cl)c4F)c3cc2N)(C([2H])([2H])[2H])C1. The summed E-state index contributed by atoms with van der Waals surface area (Å²) < 4.78 is 61.2. The van der Waals surface area contributed by atoms with Gasteiger partial charge in [0.2, 0.25) is 0 Å². The molecule has 1 saturated heterocycles. The second kappa shape index (κ2) is 7.51. The average molecular weight is 416 g/mol. The lowest BCUT2D eigenvalue weighted by atomic mass is 9.90. The Balaban J connectivity index is 1.72. The second-order valence-electron chi connectivity index (χ2n) is 6.91. The van der Waals surface area contributed by atoms with Gasteiger partial charge in [-0.3, -0.25) is 0 Å². The summed E-state index contributed by atoms with van der Waals surface area (Å²) in [5.74, 6) is 5.33. The molecule has 0 bridgehead atoms. The van der Waals surface area contributed by atoms with Crippen molar-refractivity contribution in [3.8, 4) is 11.8 Å². The van der Waals surface area contributed by atoms with E-state index in [1.807, 2.05) is 0 Å². The molecule has 3 N–H and O–H groups in total. The number of fused-ring (bicyclic) bond motifs is 1. The van der Waals surface area contributed by atoms with Gasteiger partial charge in [0.25, 0.3) is 0 Å². The summed E-state index contributed by atoms with van der Waals surface area (Å²) in [4.78, 5) is 9.55. The number of nitrogen functional groups attached to an aromatic ring is 1. The third kappa shape index (κ3) is 3.98. The van der Waals surface area contributed by atoms with Crippen molar-refractivity contribution >= 4 is 39.7 Å². The van der Waals surface area contributed by atoms with Crippen molar-refractivity contribution in [2.24, 2.45) is 5.41 Å². The van der Waals surface area contributed by atoms with Crippen LogP contribution < -0.4 is 11.1 Å². The van der Waals surface area contributed by atoms with Crippen LogP contribution in [0.4, 0.5) is 21.6 Å². The second-order valence-corrected chi connectivity index (χ2v) is 7.32. The van der Waals surface area contributed by atoms with Gasteiger partial charge in [-0.05, 0) is 51.1 Å². The van der Waals surface area contributed by atoms with E-state index in [2.05, 4.69) is 27.1 Å². The number of halogens is 2. The predicted octanol–water partition coefficient (Wildman–Crippen LogP) is 4.44. The van der Waals surface area contributed by atoms with Crippen LogP contribution in [0.25, 0.3) is 10.9 Å². The largest absolute Gasteiger partial charge is 0.398 e. The molecule has 2 aromatic carbocycles. The number of rotatable bonds is 2. The van der Waals surface area contributed by atoms with Gasteiger partial charge < -0.3 is 16.0 Å². The smallest absolute Gasteiger partial charge is 0.165 e. The zero-order valence-corrected chi connectivity index (χ0v) is 16.0. The monoisotopic (exact) mass is 415 g/mol. The normalized spacial score (nSPS) is 23.1. The maximum Gasteiger partial charge on any atom is 0.165 e. The van der Waals surface area contributed by atoms with E-state index < -0.39 is 25.1 Å². The third-order valence-electron chi connectivity index (χ3n) is 4.72. The predicted molar refractivity (Wildman–Crippen MR) is 116 cm³/mol. The number of aromatic nitrogens is 2. The Kier molecular flexibility index (Phi) is 3.46. The minimum atomic E-state index is -2.49. The van der Waals surface area contributed by atoms with Gasteiger partial charge >= 0.3 is 0 Å². The number of anilines is 3. The van der Waals surface area contributed by atoms with Crippen LogP contribution in [0.2, 0.25) is 5.02 Å². The van der Waals surface area contributed by atoms with E-state index in [-0.39, 0.29) is 35.9 Å². The van der Waals surface area contributed by atoms with E-state index in [0.717, 1.165) is 4.90 Å². The highest BCUT2D eigenvalue weighted by molar-refractivity contribution is 6.31. The fourth-order valence-electron chi connectivity index (χ4n) is 3.15. The van der Waals surface area contributed by atoms with E-state index >= 15 is 0 Å². The van der Waals surface area contributed by atoms with Gasteiger partial charge in [0.05, 0.1) is 16.2 Å². The topological polar surface area (TPSA) is 67.1 Å². The molecule has 0 aliphatic carbocycles. The van der Waals surface area contributed by atoms with Crippen molar-refractivity contribution < 1.29 is 12.6 Å². The summed E-state index contributed by atoms with van der Waals surface area (Å²) in [6.45, 7) is -5.01. The summed E-state index contributed by atoms with van der Waals surface area (Å²) in [6, 6.07) is 7.68. The first-order valence-electron chi connectivity index (χ1n) is 11.8. The summed E-state index contributed by atoms with van der Waals surface area (Å²) in [6.07, 6.45) is 1.37. The van der Waals surface area contributed by atoms with Gasteiger partial charge in [-0.15, -0.1) is 0 Å². The zero-order chi connectivity index (χ0) is 25.6. The maximum atomic E-state index is 14.3. The Labute approximate surface area is 182 Å². The van der Waals surface area contributed by atoms with E-state index in [9.17, 15) is 4.39 Å². The molecule has 7 heteroatoms. The molecule has 5 nitrogen and oxygen atoms in total. The Morgan fingerprint density at radius 3 is 3.07 bits per heavy atom. The molecule has 4 rings (SSSR count). The summed E-state index contributed by atoms with van der Waals surface area (Å²) in [5.41, 5.74) is 5.85. The molecule has 1 aromatic heterocycles. The van der Waals surface area contributed by atoms with Gasteiger partial charge in [-0.1, -0.05) is 29.5 Å².